The number of carbonyl (C=O) groups is 3. The fourth-order valence-corrected chi connectivity index (χ4v) is 4.10. The van der Waals surface area contributed by atoms with Crippen molar-refractivity contribution < 1.29 is 19.1 Å². The second-order valence-electron chi connectivity index (χ2n) is 6.76. The van der Waals surface area contributed by atoms with Gasteiger partial charge in [-0.25, -0.2) is 0 Å². The Kier molecular flexibility index (Phi) is 3.61. The van der Waals surface area contributed by atoms with Crippen LogP contribution in [0, 0.1) is 11.8 Å². The van der Waals surface area contributed by atoms with Crippen LogP contribution in [0.4, 0.5) is 0 Å². The lowest BCUT2D eigenvalue weighted by atomic mass is 9.77. The van der Waals surface area contributed by atoms with Gasteiger partial charge in [-0.1, -0.05) is 42.5 Å². The van der Waals surface area contributed by atoms with Crippen molar-refractivity contribution in [3.8, 4) is 0 Å². The molecular formula is C18H19N3O4. The van der Waals surface area contributed by atoms with E-state index in [0.717, 1.165) is 5.56 Å². The van der Waals surface area contributed by atoms with E-state index in [2.05, 4.69) is 5.32 Å². The number of primary amides is 1. The number of fused-ring (bicyclic) bond motifs is 1. The van der Waals surface area contributed by atoms with Crippen LogP contribution in [-0.4, -0.2) is 47.4 Å². The first-order chi connectivity index (χ1) is 12.0. The van der Waals surface area contributed by atoms with Crippen LogP contribution in [-0.2, 0) is 25.7 Å². The van der Waals surface area contributed by atoms with Gasteiger partial charge in [0.25, 0.3) is 0 Å². The summed E-state index contributed by atoms with van der Waals surface area (Å²) in [5.41, 5.74) is 5.39. The van der Waals surface area contributed by atoms with E-state index in [9.17, 15) is 14.4 Å². The Hall–Kier alpha value is -2.67. The van der Waals surface area contributed by atoms with Crippen LogP contribution < -0.4 is 11.1 Å². The second kappa shape index (κ2) is 5.70. The standard InChI is InChI=1S/C18H19N3O4/c19-13(22)9-21-10-18-7-6-12(25-18)14(15(18)17(21)24)16(23)20-8-11-4-2-1-3-5-11/h1-7,12,14-15H,8-10H2,(H2,19,22)(H,20,23)/t12-,14-,15+,18-/m1/s1. The fraction of sp³-hybridized carbons (Fsp3) is 0.389. The first kappa shape index (κ1) is 15.8. The largest absolute Gasteiger partial charge is 0.368 e. The number of rotatable bonds is 5. The van der Waals surface area contributed by atoms with E-state index in [1.165, 1.54) is 4.90 Å². The third kappa shape index (κ3) is 2.51. The minimum absolute atomic E-state index is 0.155. The van der Waals surface area contributed by atoms with Crippen molar-refractivity contribution in [3.05, 3.63) is 48.0 Å². The molecule has 3 aliphatic heterocycles. The van der Waals surface area contributed by atoms with Crippen molar-refractivity contribution in [2.24, 2.45) is 17.6 Å². The molecule has 0 radical (unpaired) electrons. The predicted octanol–water partition coefficient (Wildman–Crippen LogP) is -0.430. The van der Waals surface area contributed by atoms with Crippen LogP contribution in [0.3, 0.4) is 0 Å². The van der Waals surface area contributed by atoms with Gasteiger partial charge in [0.1, 0.15) is 5.60 Å². The zero-order valence-electron chi connectivity index (χ0n) is 13.6. The van der Waals surface area contributed by atoms with E-state index >= 15 is 0 Å². The lowest BCUT2D eigenvalue weighted by molar-refractivity contribution is -0.139. The van der Waals surface area contributed by atoms with E-state index in [1.807, 2.05) is 42.5 Å². The Morgan fingerprint density at radius 3 is 2.80 bits per heavy atom. The van der Waals surface area contributed by atoms with Crippen LogP contribution in [0.25, 0.3) is 0 Å². The van der Waals surface area contributed by atoms with E-state index in [0.29, 0.717) is 6.54 Å². The van der Waals surface area contributed by atoms with Gasteiger partial charge in [-0.2, -0.15) is 0 Å². The Labute approximate surface area is 144 Å². The molecule has 1 aromatic rings. The summed E-state index contributed by atoms with van der Waals surface area (Å²) in [7, 11) is 0. The van der Waals surface area contributed by atoms with Crippen molar-refractivity contribution in [2.75, 3.05) is 13.1 Å². The van der Waals surface area contributed by atoms with Gasteiger partial charge in [0.05, 0.1) is 31.0 Å². The molecule has 2 saturated heterocycles. The van der Waals surface area contributed by atoms with Crippen LogP contribution in [0.15, 0.2) is 42.5 Å². The third-order valence-electron chi connectivity index (χ3n) is 5.14. The molecule has 0 unspecified atom stereocenters. The molecule has 3 heterocycles. The molecular weight excluding hydrogens is 322 g/mol. The highest BCUT2D eigenvalue weighted by atomic mass is 16.5. The molecule has 4 atom stereocenters. The van der Waals surface area contributed by atoms with Gasteiger partial charge in [-0.05, 0) is 5.56 Å². The number of ether oxygens (including phenoxy) is 1. The number of hydrogen-bond acceptors (Lipinski definition) is 4. The Morgan fingerprint density at radius 2 is 2.08 bits per heavy atom. The summed E-state index contributed by atoms with van der Waals surface area (Å²) in [4.78, 5) is 38.0. The maximum absolute atomic E-state index is 12.7. The van der Waals surface area contributed by atoms with Gasteiger partial charge in [0.2, 0.25) is 17.7 Å². The summed E-state index contributed by atoms with van der Waals surface area (Å²) in [6.07, 6.45) is 3.28. The number of nitrogens with zero attached hydrogens (tertiary/aromatic N) is 1. The van der Waals surface area contributed by atoms with Gasteiger partial charge in [0, 0.05) is 6.54 Å². The normalized spacial score (nSPS) is 32.1. The summed E-state index contributed by atoms with van der Waals surface area (Å²) in [6.45, 7) is 0.498. The Balaban J connectivity index is 1.51. The Bertz CT molecular complexity index is 763. The molecule has 7 nitrogen and oxygen atoms in total. The van der Waals surface area contributed by atoms with Crippen molar-refractivity contribution in [3.63, 3.8) is 0 Å². The molecule has 2 fully saturated rings. The molecule has 3 N–H and O–H groups in total. The molecule has 3 amide bonds. The fourth-order valence-electron chi connectivity index (χ4n) is 4.10. The maximum Gasteiger partial charge on any atom is 0.237 e. The van der Waals surface area contributed by atoms with Gasteiger partial charge in [0.15, 0.2) is 0 Å². The summed E-state index contributed by atoms with van der Waals surface area (Å²) in [6, 6.07) is 9.57. The number of nitrogens with two attached hydrogens (primary N) is 1. The van der Waals surface area contributed by atoms with Crippen LogP contribution in [0.1, 0.15) is 5.56 Å². The first-order valence-corrected chi connectivity index (χ1v) is 8.26. The summed E-state index contributed by atoms with van der Waals surface area (Å²) in [5, 5.41) is 2.90. The molecule has 4 rings (SSSR count). The van der Waals surface area contributed by atoms with Gasteiger partial charge < -0.3 is 20.7 Å². The molecule has 3 aliphatic rings. The van der Waals surface area contributed by atoms with Crippen molar-refractivity contribution in [2.45, 2.75) is 18.2 Å². The van der Waals surface area contributed by atoms with Crippen molar-refractivity contribution in [1.82, 2.24) is 10.2 Å². The van der Waals surface area contributed by atoms with Crippen molar-refractivity contribution >= 4 is 17.7 Å². The number of hydrogen-bond donors (Lipinski definition) is 2. The molecule has 0 saturated carbocycles. The van der Waals surface area contributed by atoms with Crippen molar-refractivity contribution in [1.29, 1.82) is 0 Å². The molecule has 1 aromatic carbocycles. The van der Waals surface area contributed by atoms with E-state index < -0.39 is 29.4 Å². The predicted molar refractivity (Wildman–Crippen MR) is 87.8 cm³/mol. The summed E-state index contributed by atoms with van der Waals surface area (Å²) >= 11 is 0. The highest BCUT2D eigenvalue weighted by molar-refractivity contribution is 5.94. The molecule has 7 heteroatoms. The minimum atomic E-state index is -0.814. The minimum Gasteiger partial charge on any atom is -0.368 e. The zero-order chi connectivity index (χ0) is 17.6. The number of likely N-dealkylation sites (tertiary alicyclic amines) is 1. The van der Waals surface area contributed by atoms with Gasteiger partial charge in [-0.3, -0.25) is 14.4 Å². The summed E-state index contributed by atoms with van der Waals surface area (Å²) in [5.74, 6) is -2.21. The topological polar surface area (TPSA) is 102 Å². The lowest BCUT2D eigenvalue weighted by Crippen LogP contribution is -2.44. The second-order valence-corrected chi connectivity index (χ2v) is 6.76. The summed E-state index contributed by atoms with van der Waals surface area (Å²) < 4.78 is 5.97. The molecule has 2 bridgehead atoms. The average Bonchev–Trinajstić information content (AvgIpc) is 3.22. The SMILES string of the molecule is NC(=O)CN1C[C@@]23C=C[C@@H](O2)[C@@H](C(=O)NCc2ccccc2)[C@H]3C1=O. The molecule has 0 aromatic heterocycles. The van der Waals surface area contributed by atoms with E-state index in [-0.39, 0.29) is 24.9 Å². The highest BCUT2D eigenvalue weighted by Gasteiger charge is 2.66. The van der Waals surface area contributed by atoms with E-state index in [1.54, 1.807) is 0 Å². The molecule has 1 spiro atoms. The van der Waals surface area contributed by atoms with Gasteiger partial charge >= 0.3 is 0 Å². The maximum atomic E-state index is 12.7. The lowest BCUT2D eigenvalue weighted by Gasteiger charge is -2.23. The molecule has 130 valence electrons. The molecule has 0 aliphatic carbocycles. The smallest absolute Gasteiger partial charge is 0.237 e. The first-order valence-electron chi connectivity index (χ1n) is 8.26. The third-order valence-corrected chi connectivity index (χ3v) is 5.14. The van der Waals surface area contributed by atoms with Gasteiger partial charge in [-0.15, -0.1) is 0 Å². The number of nitrogens with one attached hydrogen (secondary N) is 1. The van der Waals surface area contributed by atoms with Crippen LogP contribution in [0.2, 0.25) is 0 Å². The highest BCUT2D eigenvalue weighted by Crippen LogP contribution is 2.51. The van der Waals surface area contributed by atoms with Crippen LogP contribution in [0.5, 0.6) is 0 Å². The number of benzene rings is 1. The zero-order valence-corrected chi connectivity index (χ0v) is 13.6. The number of carbonyl (C=O) groups excluding carboxylic acids is 3. The monoisotopic (exact) mass is 341 g/mol. The average molecular weight is 341 g/mol. The van der Waals surface area contributed by atoms with E-state index in [4.69, 9.17) is 10.5 Å². The molecule has 25 heavy (non-hydrogen) atoms. The quantitative estimate of drug-likeness (QED) is 0.710. The Morgan fingerprint density at radius 1 is 1.32 bits per heavy atom. The number of amides is 3. The van der Waals surface area contributed by atoms with Crippen LogP contribution >= 0.6 is 0 Å².